The van der Waals surface area contributed by atoms with Crippen molar-refractivity contribution in [3.63, 3.8) is 0 Å². The zero-order valence-electron chi connectivity index (χ0n) is 15.7. The molecule has 1 fully saturated rings. The highest BCUT2D eigenvalue weighted by atomic mass is 35.5. The summed E-state index contributed by atoms with van der Waals surface area (Å²) >= 11 is 7.48. The molecule has 1 aromatic carbocycles. The molecule has 8 heteroatoms. The number of benzene rings is 1. The Morgan fingerprint density at radius 1 is 1.33 bits per heavy atom. The molecule has 1 heterocycles. The molecular weight excluding hydrogens is 384 g/mol. The third kappa shape index (κ3) is 5.39. The topological polar surface area (TPSA) is 69.0 Å². The molecule has 2 atom stereocenters. The molecule has 0 unspecified atom stereocenters. The zero-order valence-corrected chi connectivity index (χ0v) is 17.2. The van der Waals surface area contributed by atoms with Gasteiger partial charge in [0.05, 0.1) is 10.8 Å². The van der Waals surface area contributed by atoms with Crippen molar-refractivity contribution in [1.29, 1.82) is 0 Å². The quantitative estimate of drug-likeness (QED) is 0.705. The Labute approximate surface area is 169 Å². The molecule has 1 saturated carbocycles. The number of nitrogens with zero attached hydrogens (tertiary/aromatic N) is 3. The van der Waals surface area contributed by atoms with Gasteiger partial charge < -0.3 is 14.6 Å². The first-order valence-electron chi connectivity index (χ1n) is 9.22. The second kappa shape index (κ2) is 9.46. The molecule has 6 nitrogen and oxygen atoms in total. The first kappa shape index (κ1) is 20.0. The van der Waals surface area contributed by atoms with Gasteiger partial charge in [-0.25, -0.2) is 0 Å². The van der Waals surface area contributed by atoms with Gasteiger partial charge >= 0.3 is 0 Å². The normalized spacial score (nSPS) is 19.7. The molecule has 0 saturated heterocycles. The Kier molecular flexibility index (Phi) is 7.01. The summed E-state index contributed by atoms with van der Waals surface area (Å²) in [5, 5.41) is 12.7. The molecule has 27 heavy (non-hydrogen) atoms. The molecule has 3 rings (SSSR count). The van der Waals surface area contributed by atoms with Gasteiger partial charge in [-0.1, -0.05) is 55.3 Å². The number of carbonyl (C=O) groups excluding carboxylic acids is 1. The first-order chi connectivity index (χ1) is 13.0. The predicted octanol–water partition coefficient (Wildman–Crippen LogP) is 3.83. The fourth-order valence-corrected chi connectivity index (χ4v) is 4.14. The molecule has 0 aliphatic heterocycles. The molecule has 1 aliphatic rings. The summed E-state index contributed by atoms with van der Waals surface area (Å²) in [5.41, 5.74) is 0. The Balaban J connectivity index is 1.49. The van der Waals surface area contributed by atoms with Crippen LogP contribution in [0.1, 0.15) is 38.4 Å². The number of rotatable bonds is 7. The molecule has 1 aliphatic carbocycles. The summed E-state index contributed by atoms with van der Waals surface area (Å²) in [6.45, 7) is 2.48. The molecule has 0 radical (unpaired) electrons. The van der Waals surface area contributed by atoms with Crippen molar-refractivity contribution in [2.45, 2.75) is 50.4 Å². The number of carbonyl (C=O) groups is 1. The number of hydrogen-bond donors (Lipinski definition) is 1. The molecule has 0 bridgehead atoms. The number of amides is 1. The maximum Gasteiger partial charge on any atom is 0.230 e. The van der Waals surface area contributed by atoms with Crippen LogP contribution < -0.4 is 10.1 Å². The van der Waals surface area contributed by atoms with E-state index in [1.165, 1.54) is 31.0 Å². The largest absolute Gasteiger partial charge is 0.484 e. The van der Waals surface area contributed by atoms with Crippen LogP contribution in [0.15, 0.2) is 29.4 Å². The van der Waals surface area contributed by atoms with Crippen LogP contribution in [0.25, 0.3) is 0 Å². The van der Waals surface area contributed by atoms with E-state index in [0.717, 1.165) is 6.42 Å². The lowest BCUT2D eigenvalue weighted by Gasteiger charge is -2.29. The van der Waals surface area contributed by atoms with Gasteiger partial charge in [0.2, 0.25) is 5.91 Å². The Morgan fingerprint density at radius 3 is 2.89 bits per heavy atom. The van der Waals surface area contributed by atoms with E-state index in [9.17, 15) is 4.79 Å². The summed E-state index contributed by atoms with van der Waals surface area (Å²) in [5.74, 6) is 2.23. The molecule has 1 aromatic heterocycles. The number of aromatic nitrogens is 3. The van der Waals surface area contributed by atoms with E-state index in [1.807, 2.05) is 29.8 Å². The summed E-state index contributed by atoms with van der Waals surface area (Å²) in [7, 11) is 1.87. The van der Waals surface area contributed by atoms with Crippen LogP contribution in [0.5, 0.6) is 5.75 Å². The molecule has 1 amide bonds. The number of para-hydroxylation sites is 1. The van der Waals surface area contributed by atoms with E-state index in [1.54, 1.807) is 6.07 Å². The summed E-state index contributed by atoms with van der Waals surface area (Å²) in [4.78, 5) is 12.3. The molecule has 146 valence electrons. The minimum absolute atomic E-state index is 0.0515. The van der Waals surface area contributed by atoms with E-state index in [0.29, 0.717) is 39.5 Å². The van der Waals surface area contributed by atoms with Gasteiger partial charge in [-0.3, -0.25) is 4.79 Å². The van der Waals surface area contributed by atoms with Gasteiger partial charge in [-0.2, -0.15) is 0 Å². The van der Waals surface area contributed by atoms with Gasteiger partial charge in [0.15, 0.2) is 11.0 Å². The molecule has 2 aromatic rings. The molecule has 1 N–H and O–H groups in total. The van der Waals surface area contributed by atoms with Crippen LogP contribution in [-0.4, -0.2) is 32.5 Å². The second-order valence-electron chi connectivity index (χ2n) is 6.90. The van der Waals surface area contributed by atoms with Crippen molar-refractivity contribution in [3.05, 3.63) is 35.1 Å². The maximum atomic E-state index is 12.3. The van der Waals surface area contributed by atoms with Crippen LogP contribution in [0.2, 0.25) is 5.02 Å². The maximum absolute atomic E-state index is 12.3. The van der Waals surface area contributed by atoms with Gasteiger partial charge in [0.1, 0.15) is 12.4 Å². The average Bonchev–Trinajstić information content (AvgIpc) is 3.01. The van der Waals surface area contributed by atoms with Crippen molar-refractivity contribution >= 4 is 29.3 Å². The first-order valence-corrected chi connectivity index (χ1v) is 10.6. The van der Waals surface area contributed by atoms with Gasteiger partial charge in [0, 0.05) is 13.1 Å². The number of thioether (sulfide) groups is 1. The summed E-state index contributed by atoms with van der Waals surface area (Å²) in [6.07, 6.45) is 4.72. The van der Waals surface area contributed by atoms with Crippen molar-refractivity contribution < 1.29 is 9.53 Å². The number of ether oxygens (including phenoxy) is 1. The second-order valence-corrected chi connectivity index (χ2v) is 8.25. The summed E-state index contributed by atoms with van der Waals surface area (Å²) in [6, 6.07) is 7.60. The molecule has 0 spiro atoms. The van der Waals surface area contributed by atoms with Crippen molar-refractivity contribution in [1.82, 2.24) is 20.1 Å². The fraction of sp³-hybridized carbons (Fsp3) is 0.526. The minimum atomic E-state index is 0.0515. The minimum Gasteiger partial charge on any atom is -0.484 e. The highest BCUT2D eigenvalue weighted by Crippen LogP contribution is 2.25. The van der Waals surface area contributed by atoms with Gasteiger partial charge in [0.25, 0.3) is 0 Å². The van der Waals surface area contributed by atoms with Gasteiger partial charge in [-0.15, -0.1) is 10.2 Å². The lowest BCUT2D eigenvalue weighted by atomic mass is 9.86. The Hall–Kier alpha value is -1.73. The Bertz CT molecular complexity index is 783. The lowest BCUT2D eigenvalue weighted by Crippen LogP contribution is -2.41. The smallest absolute Gasteiger partial charge is 0.230 e. The zero-order chi connectivity index (χ0) is 19.2. The fourth-order valence-electron chi connectivity index (χ4n) is 3.21. The third-order valence-electron chi connectivity index (χ3n) is 4.91. The third-order valence-corrected chi connectivity index (χ3v) is 6.24. The van der Waals surface area contributed by atoms with Gasteiger partial charge in [-0.05, 0) is 30.9 Å². The number of halogens is 1. The van der Waals surface area contributed by atoms with Crippen LogP contribution in [0.3, 0.4) is 0 Å². The van der Waals surface area contributed by atoms with Crippen LogP contribution in [-0.2, 0) is 18.4 Å². The highest BCUT2D eigenvalue weighted by Gasteiger charge is 2.23. The monoisotopic (exact) mass is 408 g/mol. The molecular formula is C19H25ClN4O2S. The van der Waals surface area contributed by atoms with E-state index in [-0.39, 0.29) is 12.5 Å². The average molecular weight is 409 g/mol. The number of nitrogens with one attached hydrogen (secondary N) is 1. The number of hydrogen-bond acceptors (Lipinski definition) is 5. The van der Waals surface area contributed by atoms with E-state index in [4.69, 9.17) is 16.3 Å². The van der Waals surface area contributed by atoms with Crippen molar-refractivity contribution in [2.24, 2.45) is 13.0 Å². The SMILES string of the molecule is C[C@@H]1CCCC[C@H]1NC(=O)CSc1nnc(COc2ccccc2Cl)n1C. The van der Waals surface area contributed by atoms with E-state index < -0.39 is 0 Å². The van der Waals surface area contributed by atoms with Crippen molar-refractivity contribution in [3.8, 4) is 5.75 Å². The van der Waals surface area contributed by atoms with E-state index in [2.05, 4.69) is 22.4 Å². The van der Waals surface area contributed by atoms with Crippen LogP contribution in [0.4, 0.5) is 0 Å². The summed E-state index contributed by atoms with van der Waals surface area (Å²) < 4.78 is 7.56. The highest BCUT2D eigenvalue weighted by molar-refractivity contribution is 7.99. The van der Waals surface area contributed by atoms with Crippen LogP contribution in [0, 0.1) is 5.92 Å². The Morgan fingerprint density at radius 2 is 2.11 bits per heavy atom. The van der Waals surface area contributed by atoms with Crippen LogP contribution >= 0.6 is 23.4 Å². The lowest BCUT2D eigenvalue weighted by molar-refractivity contribution is -0.119. The van der Waals surface area contributed by atoms with E-state index >= 15 is 0 Å². The predicted molar refractivity (Wildman–Crippen MR) is 107 cm³/mol. The standard InChI is InChI=1S/C19H25ClN4O2S/c1-13-7-3-5-9-15(13)21-18(25)12-27-19-23-22-17(24(19)2)11-26-16-10-6-4-8-14(16)20/h4,6,8,10,13,15H,3,5,7,9,11-12H2,1-2H3,(H,21,25)/t13-,15-/m1/s1. The van der Waals surface area contributed by atoms with Crippen molar-refractivity contribution in [2.75, 3.05) is 5.75 Å².